The molecule has 2 heterocycles. The van der Waals surface area contributed by atoms with Gasteiger partial charge in [-0.05, 0) is 19.9 Å². The van der Waals surface area contributed by atoms with E-state index in [4.69, 9.17) is 9.47 Å². The third-order valence-electron chi connectivity index (χ3n) is 4.71. The number of aryl methyl sites for hydroxylation is 1. The summed E-state index contributed by atoms with van der Waals surface area (Å²) in [7, 11) is 3.31. The molecular formula is C19H27Cl2N3O3S. The normalized spacial score (nSPS) is 17.3. The highest BCUT2D eigenvalue weighted by atomic mass is 35.5. The van der Waals surface area contributed by atoms with Crippen molar-refractivity contribution < 1.29 is 14.3 Å². The first kappa shape index (κ1) is 24.7. The number of hydrogen-bond acceptors (Lipinski definition) is 6. The number of thiazole rings is 1. The van der Waals surface area contributed by atoms with Crippen LogP contribution in [0.5, 0.6) is 5.75 Å². The predicted octanol–water partition coefficient (Wildman–Crippen LogP) is 3.80. The number of carbonyl (C=O) groups is 1. The van der Waals surface area contributed by atoms with E-state index in [1.54, 1.807) is 14.2 Å². The molecule has 1 saturated heterocycles. The topological polar surface area (TPSA) is 63.7 Å². The molecule has 28 heavy (non-hydrogen) atoms. The van der Waals surface area contributed by atoms with Crippen LogP contribution in [-0.4, -0.2) is 49.6 Å². The number of piperazine rings is 1. The Hall–Kier alpha value is -1.38. The zero-order chi connectivity index (χ0) is 18.7. The summed E-state index contributed by atoms with van der Waals surface area (Å²) in [5.74, 6) is 0.820. The van der Waals surface area contributed by atoms with Gasteiger partial charge in [0.25, 0.3) is 5.91 Å². The number of aromatic nitrogens is 1. The van der Waals surface area contributed by atoms with Crippen LogP contribution in [0.25, 0.3) is 0 Å². The molecule has 1 aromatic heterocycles. The van der Waals surface area contributed by atoms with E-state index in [2.05, 4.69) is 10.3 Å². The lowest BCUT2D eigenvalue weighted by Gasteiger charge is -2.37. The Balaban J connectivity index is 0.00000196. The summed E-state index contributed by atoms with van der Waals surface area (Å²) >= 11 is 1.42. The molecular weight excluding hydrogens is 421 g/mol. The van der Waals surface area contributed by atoms with Crippen molar-refractivity contribution in [3.63, 3.8) is 0 Å². The smallest absolute Gasteiger partial charge is 0.266 e. The van der Waals surface area contributed by atoms with Gasteiger partial charge in [-0.1, -0.05) is 18.2 Å². The molecule has 0 aliphatic carbocycles. The molecule has 0 spiro atoms. The van der Waals surface area contributed by atoms with Crippen molar-refractivity contribution in [2.45, 2.75) is 26.0 Å². The number of methoxy groups -OCH3 is 2. The van der Waals surface area contributed by atoms with Gasteiger partial charge >= 0.3 is 0 Å². The Kier molecular flexibility index (Phi) is 9.66. The molecule has 1 fully saturated rings. The molecule has 2 atom stereocenters. The van der Waals surface area contributed by atoms with Crippen LogP contribution in [0.3, 0.4) is 0 Å². The van der Waals surface area contributed by atoms with Crippen molar-refractivity contribution in [2.24, 2.45) is 0 Å². The summed E-state index contributed by atoms with van der Waals surface area (Å²) in [4.78, 5) is 20.5. The number of halogens is 2. The maximum absolute atomic E-state index is 13.3. The van der Waals surface area contributed by atoms with E-state index in [1.807, 2.05) is 43.0 Å². The third kappa shape index (κ3) is 4.96. The summed E-state index contributed by atoms with van der Waals surface area (Å²) < 4.78 is 10.9. The molecule has 1 amide bonds. The van der Waals surface area contributed by atoms with Crippen molar-refractivity contribution in [1.82, 2.24) is 15.2 Å². The van der Waals surface area contributed by atoms with Crippen LogP contribution in [0.1, 0.15) is 45.0 Å². The lowest BCUT2D eigenvalue weighted by atomic mass is 10.0. The molecule has 3 rings (SSSR count). The van der Waals surface area contributed by atoms with Crippen molar-refractivity contribution in [1.29, 1.82) is 0 Å². The molecule has 2 unspecified atom stereocenters. The van der Waals surface area contributed by atoms with E-state index >= 15 is 0 Å². The van der Waals surface area contributed by atoms with Gasteiger partial charge in [0.2, 0.25) is 0 Å². The average molecular weight is 448 g/mol. The van der Waals surface area contributed by atoms with E-state index in [0.717, 1.165) is 28.6 Å². The molecule has 6 nitrogen and oxygen atoms in total. The minimum atomic E-state index is -0.117. The van der Waals surface area contributed by atoms with E-state index in [0.29, 0.717) is 18.0 Å². The summed E-state index contributed by atoms with van der Waals surface area (Å²) in [6.07, 6.45) is -0.117. The van der Waals surface area contributed by atoms with Crippen LogP contribution in [0, 0.1) is 6.92 Å². The zero-order valence-corrected chi connectivity index (χ0v) is 18.9. The molecule has 1 aromatic carbocycles. The molecule has 0 radical (unpaired) electrons. The van der Waals surface area contributed by atoms with Gasteiger partial charge in [0.15, 0.2) is 0 Å². The highest BCUT2D eigenvalue weighted by molar-refractivity contribution is 7.13. The third-order valence-corrected chi connectivity index (χ3v) is 6.02. The average Bonchev–Trinajstić information content (AvgIpc) is 3.08. The Morgan fingerprint density at radius 2 is 2.04 bits per heavy atom. The van der Waals surface area contributed by atoms with Crippen molar-refractivity contribution >= 4 is 42.1 Å². The minimum absolute atomic E-state index is 0. The van der Waals surface area contributed by atoms with E-state index < -0.39 is 0 Å². The van der Waals surface area contributed by atoms with Crippen LogP contribution >= 0.6 is 36.2 Å². The van der Waals surface area contributed by atoms with Crippen molar-refractivity contribution in [3.05, 3.63) is 45.4 Å². The van der Waals surface area contributed by atoms with Gasteiger partial charge < -0.3 is 19.7 Å². The number of benzene rings is 1. The lowest BCUT2D eigenvalue weighted by molar-refractivity contribution is 0.0635. The first-order valence-electron chi connectivity index (χ1n) is 8.71. The van der Waals surface area contributed by atoms with Crippen LogP contribution in [-0.2, 0) is 4.74 Å². The van der Waals surface area contributed by atoms with E-state index in [-0.39, 0.29) is 42.9 Å². The SMILES string of the molecule is COc1ccccc1C1CNCCN1C(=O)c1sc(C(C)OC)nc1C.Cl.Cl. The van der Waals surface area contributed by atoms with Crippen LogP contribution < -0.4 is 10.1 Å². The molecule has 1 aliphatic heterocycles. The zero-order valence-electron chi connectivity index (χ0n) is 16.4. The van der Waals surface area contributed by atoms with Crippen LogP contribution in [0.4, 0.5) is 0 Å². The summed E-state index contributed by atoms with van der Waals surface area (Å²) in [5.41, 5.74) is 1.78. The second kappa shape index (κ2) is 11.0. The first-order valence-corrected chi connectivity index (χ1v) is 9.53. The van der Waals surface area contributed by atoms with Gasteiger partial charge in [0.05, 0.1) is 18.8 Å². The maximum atomic E-state index is 13.3. The Labute approximate surface area is 182 Å². The lowest BCUT2D eigenvalue weighted by Crippen LogP contribution is -2.48. The second-order valence-corrected chi connectivity index (χ2v) is 7.34. The van der Waals surface area contributed by atoms with Crippen molar-refractivity contribution in [3.8, 4) is 5.75 Å². The Bertz CT molecular complexity index is 788. The highest BCUT2D eigenvalue weighted by Crippen LogP contribution is 2.33. The quantitative estimate of drug-likeness (QED) is 0.754. The van der Waals surface area contributed by atoms with E-state index in [9.17, 15) is 4.79 Å². The number of nitrogens with zero attached hydrogens (tertiary/aromatic N) is 2. The second-order valence-electron chi connectivity index (χ2n) is 6.30. The molecule has 156 valence electrons. The molecule has 1 aliphatic rings. The largest absolute Gasteiger partial charge is 0.496 e. The van der Waals surface area contributed by atoms with Gasteiger partial charge in [0, 0.05) is 32.3 Å². The number of amides is 1. The first-order chi connectivity index (χ1) is 12.6. The Morgan fingerprint density at radius 1 is 1.32 bits per heavy atom. The van der Waals surface area contributed by atoms with Gasteiger partial charge in [-0.25, -0.2) is 4.98 Å². The molecule has 0 bridgehead atoms. The fourth-order valence-corrected chi connectivity index (χ4v) is 4.24. The van der Waals surface area contributed by atoms with Gasteiger partial charge in [-0.3, -0.25) is 4.79 Å². The number of nitrogens with one attached hydrogen (secondary N) is 1. The summed E-state index contributed by atoms with van der Waals surface area (Å²) in [6, 6.07) is 7.80. The fourth-order valence-electron chi connectivity index (χ4n) is 3.19. The van der Waals surface area contributed by atoms with E-state index in [1.165, 1.54) is 11.3 Å². The Morgan fingerprint density at radius 3 is 2.71 bits per heavy atom. The fraction of sp³-hybridized carbons (Fsp3) is 0.474. The molecule has 2 aromatic rings. The highest BCUT2D eigenvalue weighted by Gasteiger charge is 2.32. The standard InChI is InChI=1S/C19H25N3O3S.2ClH/c1-12-17(26-18(21-12)13(2)24-3)19(23)22-10-9-20-11-15(22)14-7-5-6-8-16(14)25-4;;/h5-8,13,15,20H,9-11H2,1-4H3;2*1H. The number of rotatable bonds is 5. The van der Waals surface area contributed by atoms with Gasteiger partial charge in [-0.2, -0.15) is 0 Å². The van der Waals surface area contributed by atoms with Gasteiger partial charge in [0.1, 0.15) is 21.7 Å². The molecule has 0 saturated carbocycles. The minimum Gasteiger partial charge on any atom is -0.496 e. The summed E-state index contributed by atoms with van der Waals surface area (Å²) in [5, 5.41) is 4.22. The predicted molar refractivity (Wildman–Crippen MR) is 116 cm³/mol. The maximum Gasteiger partial charge on any atom is 0.266 e. The number of ether oxygens (including phenoxy) is 2. The van der Waals surface area contributed by atoms with Crippen LogP contribution in [0.15, 0.2) is 24.3 Å². The molecule has 1 N–H and O–H groups in total. The van der Waals surface area contributed by atoms with Gasteiger partial charge in [-0.15, -0.1) is 36.2 Å². The number of para-hydroxylation sites is 1. The van der Waals surface area contributed by atoms with Crippen molar-refractivity contribution in [2.75, 3.05) is 33.9 Å². The monoisotopic (exact) mass is 447 g/mol. The number of carbonyl (C=O) groups excluding carboxylic acids is 1. The van der Waals surface area contributed by atoms with Crippen LogP contribution in [0.2, 0.25) is 0 Å². The molecule has 9 heteroatoms. The summed E-state index contributed by atoms with van der Waals surface area (Å²) in [6.45, 7) is 5.95. The number of hydrogen-bond donors (Lipinski definition) is 1.